The monoisotopic (exact) mass is 516 g/mol. The molecule has 0 radical (unpaired) electrons. The molecule has 6 aromatic rings. The molecule has 0 aliphatic heterocycles. The molecule has 2 nitrogen and oxygen atoms in total. The van der Waals surface area contributed by atoms with Gasteiger partial charge in [-0.2, -0.15) is 0 Å². The maximum atomic E-state index is 4.33. The maximum absolute atomic E-state index is 4.33. The molecular weight excluding hydrogens is 484 g/mol. The lowest BCUT2D eigenvalue weighted by molar-refractivity contribution is 0.734. The highest BCUT2D eigenvalue weighted by molar-refractivity contribution is 5.84. The van der Waals surface area contributed by atoms with Gasteiger partial charge in [0.1, 0.15) is 0 Å². The van der Waals surface area contributed by atoms with Gasteiger partial charge in [-0.3, -0.25) is 9.97 Å². The number of benzene rings is 4. The van der Waals surface area contributed by atoms with Crippen LogP contribution in [0, 0.1) is 0 Å². The highest BCUT2D eigenvalue weighted by Gasteiger charge is 2.11. The molecule has 194 valence electrons. The van der Waals surface area contributed by atoms with Gasteiger partial charge < -0.3 is 0 Å². The van der Waals surface area contributed by atoms with Crippen molar-refractivity contribution < 1.29 is 0 Å². The molecule has 0 fully saturated rings. The number of nitrogens with zero attached hydrogens (tertiary/aromatic N) is 2. The van der Waals surface area contributed by atoms with Gasteiger partial charge in [-0.1, -0.05) is 86.6 Å². The van der Waals surface area contributed by atoms with Gasteiger partial charge >= 0.3 is 0 Å². The minimum Gasteiger partial charge on any atom is -0.264 e. The Bertz CT molecular complexity index is 1640. The van der Waals surface area contributed by atoms with Crippen molar-refractivity contribution in [3.05, 3.63) is 146 Å². The van der Waals surface area contributed by atoms with Crippen LogP contribution < -0.4 is 0 Å². The fourth-order valence-electron chi connectivity index (χ4n) is 5.21. The van der Waals surface area contributed by atoms with E-state index >= 15 is 0 Å². The summed E-state index contributed by atoms with van der Waals surface area (Å²) in [5.41, 5.74) is 13.2. The summed E-state index contributed by atoms with van der Waals surface area (Å²) in [5.74, 6) is 0.523. The number of hydrogen-bond acceptors (Lipinski definition) is 2. The summed E-state index contributed by atoms with van der Waals surface area (Å²) in [4.78, 5) is 8.66. The summed E-state index contributed by atoms with van der Waals surface area (Å²) in [5, 5.41) is 0. The lowest BCUT2D eigenvalue weighted by Gasteiger charge is -2.15. The molecule has 6 rings (SSSR count). The van der Waals surface area contributed by atoms with Crippen molar-refractivity contribution in [2.45, 2.75) is 26.2 Å². The zero-order valence-corrected chi connectivity index (χ0v) is 23.0. The van der Waals surface area contributed by atoms with Crippen molar-refractivity contribution in [3.63, 3.8) is 0 Å². The third-order valence-electron chi connectivity index (χ3n) is 7.72. The average Bonchev–Trinajstić information content (AvgIpc) is 3.05. The summed E-state index contributed by atoms with van der Waals surface area (Å²) in [6, 6.07) is 41.7. The van der Waals surface area contributed by atoms with E-state index in [1.165, 1.54) is 38.9 Å². The van der Waals surface area contributed by atoms with Crippen LogP contribution in [0.25, 0.3) is 55.6 Å². The predicted octanol–water partition coefficient (Wildman–Crippen LogP) is 10.3. The van der Waals surface area contributed by atoms with Crippen LogP contribution in [0.3, 0.4) is 0 Å². The van der Waals surface area contributed by atoms with E-state index in [2.05, 4.69) is 127 Å². The van der Waals surface area contributed by atoms with Crippen molar-refractivity contribution in [2.75, 3.05) is 0 Å². The Morgan fingerprint density at radius 2 is 0.825 bits per heavy atom. The first kappa shape index (κ1) is 25.5. The largest absolute Gasteiger partial charge is 0.264 e. The number of pyridine rings is 2. The van der Waals surface area contributed by atoms with Crippen LogP contribution in [0.4, 0.5) is 0 Å². The average molecular weight is 517 g/mol. The highest BCUT2D eigenvalue weighted by atomic mass is 14.6. The lowest BCUT2D eigenvalue weighted by Crippen LogP contribution is -1.92. The molecule has 0 amide bonds. The maximum Gasteiger partial charge on any atom is 0.0346 e. The fraction of sp³-hybridized carbons (Fsp3) is 0.105. The second kappa shape index (κ2) is 11.5. The van der Waals surface area contributed by atoms with E-state index in [4.69, 9.17) is 0 Å². The van der Waals surface area contributed by atoms with E-state index in [0.717, 1.165) is 28.7 Å². The Morgan fingerprint density at radius 3 is 1.25 bits per heavy atom. The van der Waals surface area contributed by atoms with Gasteiger partial charge in [0.25, 0.3) is 0 Å². The second-order valence-corrected chi connectivity index (χ2v) is 10.4. The second-order valence-electron chi connectivity index (χ2n) is 10.4. The van der Waals surface area contributed by atoms with E-state index in [0.29, 0.717) is 5.92 Å². The Morgan fingerprint density at radius 1 is 0.450 bits per heavy atom. The fourth-order valence-corrected chi connectivity index (χ4v) is 5.21. The standard InChI is InChI=1S/C38H32N2/c1-3-27(2)28-9-4-12-31(19-28)36-22-37(32-13-5-10-29(20-32)34-15-7-17-39-25-34)24-38(23-36)33-14-6-11-30(21-33)35-16-8-18-40-26-35/h4-27H,3H2,1-2H3. The van der Waals surface area contributed by atoms with Crippen LogP contribution >= 0.6 is 0 Å². The number of rotatable bonds is 7. The van der Waals surface area contributed by atoms with Crippen LogP contribution in [0.1, 0.15) is 31.7 Å². The molecule has 2 heteroatoms. The first-order valence-electron chi connectivity index (χ1n) is 13.9. The molecule has 0 saturated carbocycles. The summed E-state index contributed by atoms with van der Waals surface area (Å²) in [6.07, 6.45) is 8.60. The summed E-state index contributed by atoms with van der Waals surface area (Å²) >= 11 is 0. The van der Waals surface area contributed by atoms with Crippen molar-refractivity contribution >= 4 is 0 Å². The van der Waals surface area contributed by atoms with E-state index in [1.54, 1.807) is 0 Å². The van der Waals surface area contributed by atoms with Gasteiger partial charge in [0, 0.05) is 35.9 Å². The molecule has 4 aromatic carbocycles. The molecule has 2 heterocycles. The summed E-state index contributed by atoms with van der Waals surface area (Å²) in [6.45, 7) is 4.55. The van der Waals surface area contributed by atoms with Gasteiger partial charge in [-0.15, -0.1) is 0 Å². The van der Waals surface area contributed by atoms with Gasteiger partial charge in [0.05, 0.1) is 0 Å². The van der Waals surface area contributed by atoms with Crippen molar-refractivity contribution in [2.24, 2.45) is 0 Å². The van der Waals surface area contributed by atoms with Gasteiger partial charge in [0.2, 0.25) is 0 Å². The van der Waals surface area contributed by atoms with Crippen molar-refractivity contribution in [1.82, 2.24) is 9.97 Å². The first-order chi connectivity index (χ1) is 19.7. The molecule has 1 unspecified atom stereocenters. The third-order valence-corrected chi connectivity index (χ3v) is 7.72. The van der Waals surface area contributed by atoms with E-state index < -0.39 is 0 Å². The van der Waals surface area contributed by atoms with Crippen LogP contribution in [-0.4, -0.2) is 9.97 Å². The van der Waals surface area contributed by atoms with Crippen LogP contribution in [-0.2, 0) is 0 Å². The van der Waals surface area contributed by atoms with Gasteiger partial charge in [0.15, 0.2) is 0 Å². The Hall–Kier alpha value is -4.82. The SMILES string of the molecule is CCC(C)c1cccc(-c2cc(-c3cccc(-c4cccnc4)c3)cc(-c3cccc(-c4cccnc4)c3)c2)c1. The van der Waals surface area contributed by atoms with E-state index in [1.807, 2.05) is 36.9 Å². The molecule has 0 aliphatic rings. The molecule has 0 N–H and O–H groups in total. The molecule has 0 spiro atoms. The van der Waals surface area contributed by atoms with E-state index in [-0.39, 0.29) is 0 Å². The molecule has 0 bridgehead atoms. The molecular formula is C38H32N2. The first-order valence-corrected chi connectivity index (χ1v) is 13.9. The zero-order chi connectivity index (χ0) is 27.3. The minimum atomic E-state index is 0.523. The van der Waals surface area contributed by atoms with Crippen LogP contribution in [0.15, 0.2) is 140 Å². The zero-order valence-electron chi connectivity index (χ0n) is 23.0. The third kappa shape index (κ3) is 5.48. The molecule has 40 heavy (non-hydrogen) atoms. The highest BCUT2D eigenvalue weighted by Crippen LogP contribution is 2.36. The number of aromatic nitrogens is 2. The molecule has 1 atom stereocenters. The van der Waals surface area contributed by atoms with Crippen LogP contribution in [0.5, 0.6) is 0 Å². The minimum absolute atomic E-state index is 0.523. The summed E-state index contributed by atoms with van der Waals surface area (Å²) < 4.78 is 0. The summed E-state index contributed by atoms with van der Waals surface area (Å²) in [7, 11) is 0. The quantitative estimate of drug-likeness (QED) is 0.211. The Balaban J connectivity index is 1.50. The smallest absolute Gasteiger partial charge is 0.0346 e. The van der Waals surface area contributed by atoms with Gasteiger partial charge in [-0.25, -0.2) is 0 Å². The predicted molar refractivity (Wildman–Crippen MR) is 168 cm³/mol. The number of hydrogen-bond donors (Lipinski definition) is 0. The van der Waals surface area contributed by atoms with E-state index in [9.17, 15) is 0 Å². The lowest BCUT2D eigenvalue weighted by atomic mass is 9.90. The molecule has 0 aliphatic carbocycles. The normalized spacial score (nSPS) is 11.8. The topological polar surface area (TPSA) is 25.8 Å². The Kier molecular flexibility index (Phi) is 7.32. The van der Waals surface area contributed by atoms with Gasteiger partial charge in [-0.05, 0) is 105 Å². The molecule has 0 saturated heterocycles. The molecule has 2 aromatic heterocycles. The van der Waals surface area contributed by atoms with Crippen molar-refractivity contribution in [1.29, 1.82) is 0 Å². The van der Waals surface area contributed by atoms with Crippen LogP contribution in [0.2, 0.25) is 0 Å². The Labute approximate surface area is 237 Å². The van der Waals surface area contributed by atoms with Crippen molar-refractivity contribution in [3.8, 4) is 55.6 Å².